The van der Waals surface area contributed by atoms with Gasteiger partial charge in [0.1, 0.15) is 0 Å². The Bertz CT molecular complexity index is 1570. The van der Waals surface area contributed by atoms with Gasteiger partial charge in [0.2, 0.25) is 21.9 Å². The van der Waals surface area contributed by atoms with Crippen molar-refractivity contribution in [2.45, 2.75) is 30.3 Å². The minimum atomic E-state index is -3.63. The van der Waals surface area contributed by atoms with E-state index in [9.17, 15) is 13.2 Å². The maximum atomic E-state index is 13.6. The third kappa shape index (κ3) is 5.42. The average Bonchev–Trinajstić information content (AvgIpc) is 3.28. The van der Waals surface area contributed by atoms with Gasteiger partial charge in [-0.15, -0.1) is 0 Å². The highest BCUT2D eigenvalue weighted by molar-refractivity contribution is 7.89. The van der Waals surface area contributed by atoms with Crippen molar-refractivity contribution < 1.29 is 8.42 Å². The summed E-state index contributed by atoms with van der Waals surface area (Å²) in [5.41, 5.74) is 7.82. The van der Waals surface area contributed by atoms with Gasteiger partial charge < -0.3 is 16.0 Å². The zero-order valence-corrected chi connectivity index (χ0v) is 22.1. The van der Waals surface area contributed by atoms with Crippen LogP contribution in [-0.2, 0) is 23.6 Å². The highest BCUT2D eigenvalue weighted by Crippen LogP contribution is 2.24. The number of hydrogen-bond donors (Lipinski definition) is 3. The predicted molar refractivity (Wildman–Crippen MR) is 148 cm³/mol. The zero-order valence-electron chi connectivity index (χ0n) is 21.2. The summed E-state index contributed by atoms with van der Waals surface area (Å²) in [6, 6.07) is 18.1. The molecule has 0 bridgehead atoms. The van der Waals surface area contributed by atoms with Crippen molar-refractivity contribution in [3.8, 4) is 0 Å². The summed E-state index contributed by atoms with van der Waals surface area (Å²) in [5.74, 6) is 0.990. The zero-order chi connectivity index (χ0) is 26.7. The molecule has 3 heterocycles. The third-order valence-electron chi connectivity index (χ3n) is 6.64. The number of nitrogens with zero attached hydrogens (tertiary/aromatic N) is 5. The molecule has 0 aliphatic carbocycles. The molecule has 11 nitrogen and oxygen atoms in total. The Morgan fingerprint density at radius 3 is 2.45 bits per heavy atom. The predicted octanol–water partition coefficient (Wildman–Crippen LogP) is 1.50. The second kappa shape index (κ2) is 10.9. The van der Waals surface area contributed by atoms with E-state index in [1.54, 1.807) is 25.2 Å². The van der Waals surface area contributed by atoms with Crippen LogP contribution in [0.5, 0.6) is 0 Å². The summed E-state index contributed by atoms with van der Waals surface area (Å²) < 4.78 is 30.9. The lowest BCUT2D eigenvalue weighted by Crippen LogP contribution is -2.44. The molecule has 1 aliphatic heterocycles. The van der Waals surface area contributed by atoms with E-state index in [0.717, 1.165) is 24.9 Å². The first-order valence-corrected chi connectivity index (χ1v) is 14.1. The minimum absolute atomic E-state index is 0.0430. The first-order chi connectivity index (χ1) is 18.3. The van der Waals surface area contributed by atoms with Crippen LogP contribution in [0.1, 0.15) is 18.4 Å². The summed E-state index contributed by atoms with van der Waals surface area (Å²) in [7, 11) is -1.99. The van der Waals surface area contributed by atoms with Gasteiger partial charge in [-0.1, -0.05) is 48.5 Å². The molecule has 2 aromatic heterocycles. The Hall–Kier alpha value is -3.74. The largest absolute Gasteiger partial charge is 0.354 e. The molecule has 0 radical (unpaired) electrons. The van der Waals surface area contributed by atoms with E-state index in [0.29, 0.717) is 36.2 Å². The summed E-state index contributed by atoms with van der Waals surface area (Å²) in [4.78, 5) is 25.3. The molecular weight excluding hydrogens is 504 g/mol. The average molecular weight is 537 g/mol. The number of nitrogens with one attached hydrogen (secondary N) is 2. The Balaban J connectivity index is 1.42. The SMILES string of the molecule is Cn1c(NCCNS(=O)(=O)c2ccccc2)nc2nc(N3CCCC(N)C3)n(Cc3ccccc3)c2c1=O. The van der Waals surface area contributed by atoms with Crippen molar-refractivity contribution >= 4 is 33.1 Å². The Morgan fingerprint density at radius 1 is 1.03 bits per heavy atom. The van der Waals surface area contributed by atoms with Gasteiger partial charge in [-0.05, 0) is 30.5 Å². The highest BCUT2D eigenvalue weighted by atomic mass is 32.2. The van der Waals surface area contributed by atoms with Crippen molar-refractivity contribution in [1.82, 2.24) is 23.8 Å². The van der Waals surface area contributed by atoms with Crippen LogP contribution in [0.2, 0.25) is 0 Å². The van der Waals surface area contributed by atoms with Crippen LogP contribution in [0.25, 0.3) is 11.2 Å². The maximum absolute atomic E-state index is 13.6. The number of sulfonamides is 1. The van der Waals surface area contributed by atoms with Gasteiger partial charge in [0.05, 0.1) is 11.4 Å². The van der Waals surface area contributed by atoms with Crippen LogP contribution in [-0.4, -0.2) is 59.7 Å². The molecule has 0 saturated carbocycles. The van der Waals surface area contributed by atoms with Gasteiger partial charge in [0.15, 0.2) is 11.2 Å². The van der Waals surface area contributed by atoms with Crippen LogP contribution in [0.4, 0.5) is 11.9 Å². The number of imidazole rings is 1. The number of hydrogen-bond acceptors (Lipinski definition) is 8. The lowest BCUT2D eigenvalue weighted by molar-refractivity contribution is 0.495. The van der Waals surface area contributed by atoms with Crippen molar-refractivity contribution in [3.05, 3.63) is 76.6 Å². The van der Waals surface area contributed by atoms with Crippen LogP contribution >= 0.6 is 0 Å². The van der Waals surface area contributed by atoms with Gasteiger partial charge in [-0.2, -0.15) is 9.97 Å². The molecule has 200 valence electrons. The standard InChI is InChI=1S/C26H32N8O3S/c1-32-24(35)22-23(30-25(32)28-14-15-29-38(36,37)21-12-6-3-7-13-21)31-26(33-16-8-11-20(27)18-33)34(22)17-19-9-4-2-5-10-19/h2-7,9-10,12-13,20,29H,8,11,14-18,27H2,1H3,(H,28,30). The fraction of sp³-hybridized carbons (Fsp3) is 0.346. The molecule has 4 N–H and O–H groups in total. The molecular formula is C26H32N8O3S. The van der Waals surface area contributed by atoms with E-state index in [4.69, 9.17) is 10.7 Å². The van der Waals surface area contributed by atoms with E-state index in [2.05, 4.69) is 19.9 Å². The fourth-order valence-corrected chi connectivity index (χ4v) is 5.75. The topological polar surface area (TPSA) is 140 Å². The molecule has 0 amide bonds. The van der Waals surface area contributed by atoms with Gasteiger partial charge in [0, 0.05) is 39.3 Å². The van der Waals surface area contributed by atoms with E-state index in [-0.39, 0.29) is 29.6 Å². The Morgan fingerprint density at radius 2 is 1.74 bits per heavy atom. The van der Waals surface area contributed by atoms with E-state index in [1.165, 1.54) is 16.7 Å². The summed E-state index contributed by atoms with van der Waals surface area (Å²) in [6.45, 7) is 2.29. The fourth-order valence-electron chi connectivity index (χ4n) is 4.70. The second-order valence-corrected chi connectivity index (χ2v) is 11.2. The van der Waals surface area contributed by atoms with Gasteiger partial charge in [0.25, 0.3) is 5.56 Å². The summed E-state index contributed by atoms with van der Waals surface area (Å²) in [5, 5.41) is 3.08. The van der Waals surface area contributed by atoms with Gasteiger partial charge >= 0.3 is 0 Å². The first kappa shape index (κ1) is 25.9. The van der Waals surface area contributed by atoms with Crippen molar-refractivity contribution in [1.29, 1.82) is 0 Å². The number of benzene rings is 2. The number of nitrogens with two attached hydrogens (primary N) is 1. The first-order valence-electron chi connectivity index (χ1n) is 12.6. The van der Waals surface area contributed by atoms with Crippen molar-refractivity contribution in [3.63, 3.8) is 0 Å². The normalized spacial score (nSPS) is 16.2. The minimum Gasteiger partial charge on any atom is -0.354 e. The number of aromatic nitrogens is 4. The second-order valence-electron chi connectivity index (χ2n) is 9.44. The maximum Gasteiger partial charge on any atom is 0.281 e. The van der Waals surface area contributed by atoms with Crippen LogP contribution in [0.15, 0.2) is 70.4 Å². The number of piperidine rings is 1. The number of rotatable bonds is 9. The van der Waals surface area contributed by atoms with Crippen LogP contribution in [0, 0.1) is 0 Å². The molecule has 5 rings (SSSR count). The summed E-state index contributed by atoms with van der Waals surface area (Å²) in [6.07, 6.45) is 1.91. The van der Waals surface area contributed by atoms with Gasteiger partial charge in [-0.25, -0.2) is 13.1 Å². The van der Waals surface area contributed by atoms with E-state index >= 15 is 0 Å². The smallest absolute Gasteiger partial charge is 0.281 e. The highest BCUT2D eigenvalue weighted by Gasteiger charge is 2.25. The van der Waals surface area contributed by atoms with Crippen molar-refractivity contribution in [2.75, 3.05) is 36.4 Å². The molecule has 1 aliphatic rings. The quantitative estimate of drug-likeness (QED) is 0.274. The number of anilines is 2. The molecule has 1 atom stereocenters. The molecule has 1 fully saturated rings. The van der Waals surface area contributed by atoms with Crippen LogP contribution < -0.4 is 26.2 Å². The van der Waals surface area contributed by atoms with E-state index in [1.807, 2.05) is 34.9 Å². The molecule has 0 spiro atoms. The monoisotopic (exact) mass is 536 g/mol. The molecule has 2 aromatic carbocycles. The lowest BCUT2D eigenvalue weighted by atomic mass is 10.1. The number of fused-ring (bicyclic) bond motifs is 1. The third-order valence-corrected chi connectivity index (χ3v) is 8.12. The Labute approximate surface area is 221 Å². The van der Waals surface area contributed by atoms with E-state index < -0.39 is 10.0 Å². The Kier molecular flexibility index (Phi) is 7.45. The van der Waals surface area contributed by atoms with Crippen molar-refractivity contribution in [2.24, 2.45) is 12.8 Å². The molecule has 4 aromatic rings. The molecule has 1 saturated heterocycles. The van der Waals surface area contributed by atoms with Gasteiger partial charge in [-0.3, -0.25) is 13.9 Å². The molecule has 1 unspecified atom stereocenters. The molecule has 38 heavy (non-hydrogen) atoms. The van der Waals surface area contributed by atoms with Crippen LogP contribution in [0.3, 0.4) is 0 Å². The summed E-state index contributed by atoms with van der Waals surface area (Å²) >= 11 is 0. The molecule has 12 heteroatoms. The lowest BCUT2D eigenvalue weighted by Gasteiger charge is -2.31.